The Labute approximate surface area is 414 Å². The number of rotatable bonds is 11. The highest BCUT2D eigenvalue weighted by Gasteiger charge is 2.72. The normalized spacial score (nSPS) is 53.9. The van der Waals surface area contributed by atoms with Gasteiger partial charge in [-0.2, -0.15) is 0 Å². The molecule has 7 fully saturated rings. The number of allylic oxidation sites excluding steroid dienone is 2. The van der Waals surface area contributed by atoms with E-state index >= 15 is 0 Å². The van der Waals surface area contributed by atoms with Crippen molar-refractivity contribution >= 4 is 18.2 Å². The first kappa shape index (κ1) is 53.4. The molecule has 8 rings (SSSR count). The van der Waals surface area contributed by atoms with Crippen LogP contribution in [0.15, 0.2) is 11.6 Å². The van der Waals surface area contributed by atoms with Crippen LogP contribution in [0.5, 0.6) is 0 Å². The molecule has 69 heavy (non-hydrogen) atoms. The monoisotopic (exact) mass is 969 g/mol. The predicted molar refractivity (Wildman–Crippen MR) is 262 cm³/mol. The van der Waals surface area contributed by atoms with Crippen LogP contribution >= 0.6 is 0 Å². The van der Waals surface area contributed by atoms with Gasteiger partial charge in [0.2, 0.25) is 0 Å². The topological polar surface area (TPSA) is 156 Å². The Morgan fingerprint density at radius 2 is 1.33 bits per heavy atom. The van der Waals surface area contributed by atoms with Gasteiger partial charge in [0, 0.05) is 24.9 Å². The van der Waals surface area contributed by atoms with Crippen LogP contribution in [0, 0.1) is 91.7 Å². The number of carbonyl (C=O) groups excluding carboxylic acids is 1. The minimum Gasteiger partial charge on any atom is -0.481 e. The molecule has 12 heteroatoms. The van der Waals surface area contributed by atoms with Gasteiger partial charge < -0.3 is 48.2 Å². The number of carbonyl (C=O) groups is 3. The first-order valence-electron chi connectivity index (χ1n) is 27.3. The Bertz CT molecular complexity index is 1950. The quantitative estimate of drug-likeness (QED) is 0.115. The van der Waals surface area contributed by atoms with Crippen molar-refractivity contribution in [2.24, 2.45) is 91.7 Å². The zero-order valence-corrected chi connectivity index (χ0v) is 45.2. The highest BCUT2D eigenvalue weighted by atomic mass is 16.8. The van der Waals surface area contributed by atoms with Crippen LogP contribution in [0.2, 0.25) is 0 Å². The number of carboxylic acid groups (broad SMARTS) is 2. The van der Waals surface area contributed by atoms with Crippen molar-refractivity contribution in [3.8, 4) is 0 Å². The molecule has 4 saturated carbocycles. The maximum Gasteiger partial charge on any atom is 0.333 e. The zero-order chi connectivity index (χ0) is 50.7. The molecule has 5 aliphatic carbocycles. The average Bonchev–Trinajstić information content (AvgIpc) is 3.29. The third-order valence-electron chi connectivity index (χ3n) is 22.8. The summed E-state index contributed by atoms with van der Waals surface area (Å²) in [5.74, 6) is -1.20. The summed E-state index contributed by atoms with van der Waals surface area (Å²) in [4.78, 5) is 40.9. The lowest BCUT2D eigenvalue weighted by Gasteiger charge is -2.71. The van der Waals surface area contributed by atoms with Crippen LogP contribution in [0.1, 0.15) is 168 Å². The summed E-state index contributed by atoms with van der Waals surface area (Å²) in [6, 6.07) is 0. The first-order valence-corrected chi connectivity index (χ1v) is 27.3. The minimum absolute atomic E-state index is 0.00919. The van der Waals surface area contributed by atoms with Gasteiger partial charge in [-0.05, 0) is 134 Å². The fraction of sp³-hybridized carbons (Fsp3) is 0.912. The van der Waals surface area contributed by atoms with Crippen LogP contribution < -0.4 is 0 Å². The number of aldehydes is 1. The van der Waals surface area contributed by atoms with Gasteiger partial charge in [0.05, 0.1) is 35.9 Å². The number of fused-ring (bicyclic) bond motifs is 7. The summed E-state index contributed by atoms with van der Waals surface area (Å²) in [7, 11) is 1.71. The third kappa shape index (κ3) is 8.18. The van der Waals surface area contributed by atoms with E-state index in [0.29, 0.717) is 31.1 Å². The van der Waals surface area contributed by atoms with Gasteiger partial charge in [-0.3, -0.25) is 4.79 Å². The molecule has 3 saturated heterocycles. The van der Waals surface area contributed by atoms with E-state index in [-0.39, 0.29) is 75.3 Å². The number of hydrogen-bond acceptors (Lipinski definition) is 10. The third-order valence-corrected chi connectivity index (χ3v) is 22.8. The molecule has 11 unspecified atom stereocenters. The van der Waals surface area contributed by atoms with Crippen LogP contribution in [0.4, 0.5) is 0 Å². The fourth-order valence-corrected chi connectivity index (χ4v) is 17.1. The lowest BCUT2D eigenvalue weighted by molar-refractivity contribution is -0.377. The van der Waals surface area contributed by atoms with E-state index in [9.17, 15) is 24.6 Å². The molecular formula is C57H92O12. The SMILES string of the molecule is CCC1O[C@@H](OC2[C@H](O[C@H]3CCC4(C)C5CC=C6C7CC(C)(C)CC[C@]7(C(=O)O)C(OC)C[C@@]6(C)C5(C)CC[C@H]4[C@@]3(C)C=O)OC(C(=O)O)[C@@H](C)[C@@H]2O[C@@H]2O[C@@H](C)[C@H](C)C(C)C2C)C(C)[C@@H](C)[C@H]1C. The molecule has 0 aromatic carbocycles. The summed E-state index contributed by atoms with van der Waals surface area (Å²) in [5.41, 5.74) is -1.32. The van der Waals surface area contributed by atoms with Crippen LogP contribution in [-0.4, -0.2) is 97.1 Å². The molecule has 0 amide bonds. The Kier molecular flexibility index (Phi) is 14.5. The minimum atomic E-state index is -1.27. The highest BCUT2D eigenvalue weighted by molar-refractivity contribution is 5.78. The summed E-state index contributed by atoms with van der Waals surface area (Å²) < 4.78 is 47.9. The smallest absolute Gasteiger partial charge is 0.333 e. The Balaban J connectivity index is 1.14. The van der Waals surface area contributed by atoms with Crippen molar-refractivity contribution in [2.75, 3.05) is 7.11 Å². The van der Waals surface area contributed by atoms with Gasteiger partial charge in [0.25, 0.3) is 0 Å². The summed E-state index contributed by atoms with van der Waals surface area (Å²) in [6.07, 6.45) is 4.65. The van der Waals surface area contributed by atoms with Crippen molar-refractivity contribution < 1.29 is 57.8 Å². The standard InChI is InChI=1S/C57H92O12/c1-17-39-32(5)30(3)34(7)49(65-39)69-46-44(67-48-33(6)29(2)31(4)36(9)64-48)35(8)45(47(59)60)68-50(46)66-42-21-22-53(12)40(54(42,13)28-58)20-23-55(14)41(53)19-18-37-38-26-52(10,11)24-25-57(38,51(61)62)43(63-16)27-56(37,55)15/h18,28-36,38-46,48-50H,17,19-27H2,1-16H3,(H,59,60)(H,61,62)/t29?,30-,31+,32+,33?,34?,35-,36-,38?,39?,40+,41?,42-,43?,44-,45?,46?,48-,49-,50+,53?,54+,55?,56+,57+/m0/s1. The second kappa shape index (κ2) is 18.8. The van der Waals surface area contributed by atoms with Crippen LogP contribution in [0.25, 0.3) is 0 Å². The zero-order valence-electron chi connectivity index (χ0n) is 45.2. The number of hydrogen-bond donors (Lipinski definition) is 2. The molecule has 8 aliphatic rings. The lowest BCUT2D eigenvalue weighted by Crippen LogP contribution is -2.68. The van der Waals surface area contributed by atoms with Crippen molar-refractivity contribution in [2.45, 2.75) is 230 Å². The molecule has 25 atom stereocenters. The molecule has 2 N–H and O–H groups in total. The average molecular weight is 969 g/mol. The summed E-state index contributed by atoms with van der Waals surface area (Å²) in [5, 5.41) is 21.9. The van der Waals surface area contributed by atoms with E-state index < -0.39 is 78.1 Å². The maximum atomic E-state index is 14.1. The first-order chi connectivity index (χ1) is 32.2. The van der Waals surface area contributed by atoms with E-state index in [1.807, 2.05) is 6.92 Å². The Morgan fingerprint density at radius 3 is 1.94 bits per heavy atom. The van der Waals surface area contributed by atoms with E-state index in [1.54, 1.807) is 7.11 Å². The van der Waals surface area contributed by atoms with Crippen LogP contribution in [0.3, 0.4) is 0 Å². The van der Waals surface area contributed by atoms with Crippen molar-refractivity contribution in [1.29, 1.82) is 0 Å². The van der Waals surface area contributed by atoms with Gasteiger partial charge in [0.1, 0.15) is 17.8 Å². The molecular weight excluding hydrogens is 877 g/mol. The number of ether oxygens (including phenoxy) is 7. The molecule has 0 aromatic rings. The predicted octanol–water partition coefficient (Wildman–Crippen LogP) is 11.0. The summed E-state index contributed by atoms with van der Waals surface area (Å²) >= 11 is 0. The van der Waals surface area contributed by atoms with Gasteiger partial charge >= 0.3 is 11.9 Å². The van der Waals surface area contributed by atoms with E-state index in [2.05, 4.69) is 103 Å². The molecule has 12 nitrogen and oxygen atoms in total. The van der Waals surface area contributed by atoms with Gasteiger partial charge in [-0.25, -0.2) is 4.79 Å². The van der Waals surface area contributed by atoms with E-state index in [0.717, 1.165) is 51.2 Å². The van der Waals surface area contributed by atoms with Crippen LogP contribution in [-0.2, 0) is 47.5 Å². The number of aliphatic carboxylic acids is 2. The highest BCUT2D eigenvalue weighted by Crippen LogP contribution is 2.76. The largest absolute Gasteiger partial charge is 0.481 e. The molecule has 3 heterocycles. The van der Waals surface area contributed by atoms with Gasteiger partial charge in [0.15, 0.2) is 25.0 Å². The van der Waals surface area contributed by atoms with Crippen molar-refractivity contribution in [3.63, 3.8) is 0 Å². The second-order valence-electron chi connectivity index (χ2n) is 26.3. The molecule has 3 aliphatic heterocycles. The molecule has 392 valence electrons. The van der Waals surface area contributed by atoms with E-state index in [1.165, 1.54) is 5.57 Å². The summed E-state index contributed by atoms with van der Waals surface area (Å²) in [6.45, 7) is 33.2. The maximum absolute atomic E-state index is 14.1. The lowest BCUT2D eigenvalue weighted by atomic mass is 9.33. The number of carboxylic acids is 2. The molecule has 0 aromatic heterocycles. The molecule has 0 bridgehead atoms. The Hall–Kier alpha value is -1.93. The van der Waals surface area contributed by atoms with Crippen molar-refractivity contribution in [1.82, 2.24) is 0 Å². The Morgan fingerprint density at radius 1 is 0.696 bits per heavy atom. The number of methoxy groups -OCH3 is 1. The van der Waals surface area contributed by atoms with Crippen molar-refractivity contribution in [3.05, 3.63) is 11.6 Å². The molecule has 0 spiro atoms. The van der Waals surface area contributed by atoms with Gasteiger partial charge in [-0.1, -0.05) is 109 Å². The fourth-order valence-electron chi connectivity index (χ4n) is 17.1. The van der Waals surface area contributed by atoms with Gasteiger partial charge in [-0.15, -0.1) is 0 Å². The molecule has 0 radical (unpaired) electrons. The van der Waals surface area contributed by atoms with E-state index in [4.69, 9.17) is 33.2 Å². The second-order valence-corrected chi connectivity index (χ2v) is 26.3.